The molecule has 66 valence electrons. The molecular formula is C8H3BrClNO2. The summed E-state index contributed by atoms with van der Waals surface area (Å²) in [6.45, 7) is 0. The van der Waals surface area contributed by atoms with Crippen LogP contribution in [0.4, 0.5) is 5.69 Å². The molecule has 1 N–H and O–H groups in total. The van der Waals surface area contributed by atoms with E-state index >= 15 is 0 Å². The van der Waals surface area contributed by atoms with Crippen molar-refractivity contribution < 1.29 is 9.59 Å². The van der Waals surface area contributed by atoms with Crippen molar-refractivity contribution in [2.24, 2.45) is 0 Å². The average Bonchev–Trinajstić information content (AvgIpc) is 2.38. The highest BCUT2D eigenvalue weighted by atomic mass is 79.9. The Balaban J connectivity index is 2.70. The van der Waals surface area contributed by atoms with E-state index < -0.39 is 11.7 Å². The van der Waals surface area contributed by atoms with Gasteiger partial charge in [0.25, 0.3) is 11.7 Å². The Morgan fingerprint density at radius 1 is 1.31 bits per heavy atom. The lowest BCUT2D eigenvalue weighted by atomic mass is 10.1. The monoisotopic (exact) mass is 259 g/mol. The third kappa shape index (κ3) is 1.17. The number of Topliss-reactive ketones (excluding diaryl/α,β-unsaturated/α-hetero) is 1. The van der Waals surface area contributed by atoms with Gasteiger partial charge in [0.15, 0.2) is 0 Å². The summed E-state index contributed by atoms with van der Waals surface area (Å²) in [6.07, 6.45) is 0. The van der Waals surface area contributed by atoms with Crippen molar-refractivity contribution in [3.63, 3.8) is 0 Å². The van der Waals surface area contributed by atoms with Crippen molar-refractivity contribution in [1.82, 2.24) is 0 Å². The smallest absolute Gasteiger partial charge is 0.296 e. The van der Waals surface area contributed by atoms with Gasteiger partial charge in [-0.3, -0.25) is 9.59 Å². The van der Waals surface area contributed by atoms with Crippen LogP contribution in [-0.2, 0) is 4.79 Å². The van der Waals surface area contributed by atoms with E-state index in [1.54, 1.807) is 12.1 Å². The van der Waals surface area contributed by atoms with E-state index in [1.807, 2.05) is 0 Å². The molecule has 0 spiro atoms. The predicted molar refractivity (Wildman–Crippen MR) is 52.1 cm³/mol. The van der Waals surface area contributed by atoms with Crippen LogP contribution in [0.15, 0.2) is 16.6 Å². The molecule has 3 nitrogen and oxygen atoms in total. The maximum Gasteiger partial charge on any atom is 0.296 e. The largest absolute Gasteiger partial charge is 0.317 e. The molecule has 0 bridgehead atoms. The van der Waals surface area contributed by atoms with Crippen molar-refractivity contribution in [2.75, 3.05) is 5.32 Å². The van der Waals surface area contributed by atoms with Crippen LogP contribution in [0, 0.1) is 0 Å². The Morgan fingerprint density at radius 3 is 2.69 bits per heavy atom. The quantitative estimate of drug-likeness (QED) is 0.727. The van der Waals surface area contributed by atoms with Gasteiger partial charge in [0.1, 0.15) is 0 Å². The minimum absolute atomic E-state index is 0.332. The molecule has 1 amide bonds. The Hall–Kier alpha value is -0.870. The molecule has 2 rings (SSSR count). The number of hydrogen-bond acceptors (Lipinski definition) is 2. The minimum Gasteiger partial charge on any atom is -0.317 e. The summed E-state index contributed by atoms with van der Waals surface area (Å²) in [5, 5.41) is 2.76. The van der Waals surface area contributed by atoms with Gasteiger partial charge in [-0.2, -0.15) is 0 Å². The molecule has 0 saturated carbocycles. The third-order valence-corrected chi connectivity index (χ3v) is 3.07. The van der Waals surface area contributed by atoms with Gasteiger partial charge >= 0.3 is 0 Å². The van der Waals surface area contributed by atoms with Gasteiger partial charge in [-0.05, 0) is 28.1 Å². The highest BCUT2D eigenvalue weighted by molar-refractivity contribution is 9.10. The number of anilines is 1. The van der Waals surface area contributed by atoms with Gasteiger partial charge in [0, 0.05) is 4.47 Å². The van der Waals surface area contributed by atoms with Gasteiger partial charge in [0.2, 0.25) is 0 Å². The first-order valence-corrected chi connectivity index (χ1v) is 4.62. The maximum atomic E-state index is 11.2. The summed E-state index contributed by atoms with van der Waals surface area (Å²) in [5.41, 5.74) is 0.726. The Morgan fingerprint density at radius 2 is 2.00 bits per heavy atom. The van der Waals surface area contributed by atoms with Crippen molar-refractivity contribution in [2.45, 2.75) is 0 Å². The molecule has 0 fully saturated rings. The normalized spacial score (nSPS) is 14.3. The van der Waals surface area contributed by atoms with E-state index in [0.29, 0.717) is 20.7 Å². The molecule has 0 atom stereocenters. The molecule has 0 saturated heterocycles. The molecule has 1 aromatic rings. The van der Waals surface area contributed by atoms with E-state index in [4.69, 9.17) is 11.6 Å². The van der Waals surface area contributed by atoms with E-state index in [1.165, 1.54) is 0 Å². The van der Waals surface area contributed by atoms with E-state index in [2.05, 4.69) is 21.2 Å². The second kappa shape index (κ2) is 2.82. The van der Waals surface area contributed by atoms with Crippen LogP contribution in [0.1, 0.15) is 10.4 Å². The summed E-state index contributed by atoms with van der Waals surface area (Å²) in [6, 6.07) is 3.20. The SMILES string of the molecule is O=C1Nc2c(ccc(Br)c2Cl)C1=O. The van der Waals surface area contributed by atoms with E-state index in [-0.39, 0.29) is 0 Å². The van der Waals surface area contributed by atoms with Crippen LogP contribution >= 0.6 is 27.5 Å². The van der Waals surface area contributed by atoms with Crippen molar-refractivity contribution in [3.8, 4) is 0 Å². The van der Waals surface area contributed by atoms with Gasteiger partial charge in [-0.25, -0.2) is 0 Å². The summed E-state index contributed by atoms with van der Waals surface area (Å²) in [4.78, 5) is 22.1. The summed E-state index contributed by atoms with van der Waals surface area (Å²) in [5.74, 6) is -1.17. The average molecular weight is 260 g/mol. The zero-order chi connectivity index (χ0) is 9.59. The molecule has 1 aliphatic rings. The fourth-order valence-electron chi connectivity index (χ4n) is 1.15. The summed E-state index contributed by atoms with van der Waals surface area (Å²) < 4.78 is 0.655. The first-order valence-electron chi connectivity index (χ1n) is 3.45. The number of fused-ring (bicyclic) bond motifs is 1. The number of carbonyl (C=O) groups excluding carboxylic acids is 2. The van der Waals surface area contributed by atoms with Gasteiger partial charge in [-0.15, -0.1) is 0 Å². The molecule has 0 aliphatic carbocycles. The van der Waals surface area contributed by atoms with Crippen molar-refractivity contribution >= 4 is 44.9 Å². The number of ketones is 1. The number of nitrogens with one attached hydrogen (secondary N) is 1. The van der Waals surface area contributed by atoms with Crippen molar-refractivity contribution in [3.05, 3.63) is 27.2 Å². The Kier molecular flexibility index (Phi) is 1.89. The number of benzene rings is 1. The highest BCUT2D eigenvalue weighted by Gasteiger charge is 2.30. The van der Waals surface area contributed by atoms with Crippen LogP contribution in [-0.4, -0.2) is 11.7 Å². The molecule has 1 heterocycles. The molecule has 5 heteroatoms. The number of hydrogen-bond donors (Lipinski definition) is 1. The van der Waals surface area contributed by atoms with Gasteiger partial charge in [-0.1, -0.05) is 11.6 Å². The zero-order valence-corrected chi connectivity index (χ0v) is 8.57. The molecule has 13 heavy (non-hydrogen) atoms. The predicted octanol–water partition coefficient (Wildman–Crippen LogP) is 2.24. The second-order valence-electron chi connectivity index (χ2n) is 2.57. The summed E-state index contributed by atoms with van der Waals surface area (Å²) >= 11 is 9.05. The number of halogens is 2. The molecule has 1 aromatic carbocycles. The van der Waals surface area contributed by atoms with Crippen LogP contribution in [0.2, 0.25) is 5.02 Å². The van der Waals surface area contributed by atoms with Crippen LogP contribution in [0.3, 0.4) is 0 Å². The Bertz CT molecular complexity index is 430. The van der Waals surface area contributed by atoms with Crippen LogP contribution < -0.4 is 5.32 Å². The molecule has 1 aliphatic heterocycles. The fraction of sp³-hybridized carbons (Fsp3) is 0. The van der Waals surface area contributed by atoms with E-state index in [9.17, 15) is 9.59 Å². The van der Waals surface area contributed by atoms with E-state index in [0.717, 1.165) is 0 Å². The van der Waals surface area contributed by atoms with Crippen LogP contribution in [0.5, 0.6) is 0 Å². The molecule has 0 unspecified atom stereocenters. The number of rotatable bonds is 0. The summed E-state index contributed by atoms with van der Waals surface area (Å²) in [7, 11) is 0. The standard InChI is InChI=1S/C8H3BrClNO2/c9-4-2-1-3-6(5(4)10)11-8(13)7(3)12/h1-2H,(H,11,12,13). The lowest BCUT2D eigenvalue weighted by Crippen LogP contribution is -2.12. The molecule has 0 radical (unpaired) electrons. The number of carbonyl (C=O) groups is 2. The first kappa shape index (κ1) is 8.72. The Labute approximate surface area is 87.2 Å². The van der Waals surface area contributed by atoms with Gasteiger partial charge in [0.05, 0.1) is 16.3 Å². The highest BCUT2D eigenvalue weighted by Crippen LogP contribution is 2.36. The second-order valence-corrected chi connectivity index (χ2v) is 3.80. The lowest BCUT2D eigenvalue weighted by Gasteiger charge is -2.01. The lowest BCUT2D eigenvalue weighted by molar-refractivity contribution is -0.112. The third-order valence-electron chi connectivity index (χ3n) is 1.78. The zero-order valence-electron chi connectivity index (χ0n) is 6.23. The molecular weight excluding hydrogens is 257 g/mol. The first-order chi connectivity index (χ1) is 6.11. The number of amides is 1. The van der Waals surface area contributed by atoms with Crippen LogP contribution in [0.25, 0.3) is 0 Å². The van der Waals surface area contributed by atoms with Gasteiger partial charge < -0.3 is 5.32 Å². The maximum absolute atomic E-state index is 11.2. The fourth-order valence-corrected chi connectivity index (χ4v) is 1.70. The minimum atomic E-state index is -0.630. The van der Waals surface area contributed by atoms with Crippen molar-refractivity contribution in [1.29, 1.82) is 0 Å². The molecule has 0 aromatic heterocycles. The topological polar surface area (TPSA) is 46.2 Å².